The van der Waals surface area contributed by atoms with E-state index in [-0.39, 0.29) is 23.9 Å². The Labute approximate surface area is 248 Å². The molecule has 0 bridgehead atoms. The molecule has 1 aliphatic heterocycles. The number of hydrogen-bond acceptors (Lipinski definition) is 9. The van der Waals surface area contributed by atoms with E-state index in [1.807, 2.05) is 31.2 Å². The quantitative estimate of drug-likeness (QED) is 0.254. The fourth-order valence-electron chi connectivity index (χ4n) is 5.03. The molecule has 1 saturated heterocycles. The van der Waals surface area contributed by atoms with Gasteiger partial charge in [-0.15, -0.1) is 11.3 Å². The lowest BCUT2D eigenvalue weighted by Crippen LogP contribution is -2.40. The third-order valence-corrected chi connectivity index (χ3v) is 9.43. The lowest BCUT2D eigenvalue weighted by atomic mass is 10.1. The molecule has 4 aromatic rings. The SMILES string of the molecule is COC(=O)c1cc(-n2c(=O)c3c(C)c(Br)sc3n(C[C@H](OC3CCOCC3)c3ccccc3OC)c2=O)cnc1C. The van der Waals surface area contributed by atoms with Crippen LogP contribution in [0.5, 0.6) is 5.75 Å². The standard InChI is InChI=1S/C29H30BrN3O7S/c1-16-24-26(34)33(18-13-21(28(35)38-4)17(2)31-14-18)29(36)32(27(24)41-25(16)30)15-23(40-19-9-11-39-12-10-19)20-7-5-6-8-22(20)37-3/h5-8,13-14,19,23H,9-12,15H2,1-4H3/t23-/m0/s1. The number of esters is 1. The Morgan fingerprint density at radius 2 is 1.93 bits per heavy atom. The van der Waals surface area contributed by atoms with E-state index in [4.69, 9.17) is 18.9 Å². The second-order valence-electron chi connectivity index (χ2n) is 9.71. The first-order chi connectivity index (χ1) is 19.7. The van der Waals surface area contributed by atoms with Gasteiger partial charge in [-0.1, -0.05) is 18.2 Å². The topological polar surface area (TPSA) is 111 Å². The van der Waals surface area contributed by atoms with Crippen molar-refractivity contribution in [3.63, 3.8) is 0 Å². The Balaban J connectivity index is 1.72. The van der Waals surface area contributed by atoms with Gasteiger partial charge in [-0.2, -0.15) is 0 Å². The maximum atomic E-state index is 14.2. The molecule has 0 N–H and O–H groups in total. The molecule has 3 aromatic heterocycles. The number of halogens is 1. The van der Waals surface area contributed by atoms with E-state index < -0.39 is 23.3 Å². The molecule has 1 fully saturated rings. The number of aryl methyl sites for hydroxylation is 2. The van der Waals surface area contributed by atoms with Gasteiger partial charge >= 0.3 is 11.7 Å². The highest BCUT2D eigenvalue weighted by Crippen LogP contribution is 2.35. The molecule has 0 unspecified atom stereocenters. The molecule has 216 valence electrons. The van der Waals surface area contributed by atoms with Gasteiger partial charge in [0.05, 0.1) is 59.2 Å². The summed E-state index contributed by atoms with van der Waals surface area (Å²) in [6.07, 6.45) is 2.23. The maximum Gasteiger partial charge on any atom is 0.339 e. The van der Waals surface area contributed by atoms with Crippen molar-refractivity contribution in [1.82, 2.24) is 14.1 Å². The van der Waals surface area contributed by atoms with Crippen molar-refractivity contribution in [3.05, 3.63) is 83.5 Å². The van der Waals surface area contributed by atoms with E-state index in [1.165, 1.54) is 30.7 Å². The average molecular weight is 645 g/mol. The highest BCUT2D eigenvalue weighted by atomic mass is 79.9. The van der Waals surface area contributed by atoms with Crippen LogP contribution in [0.1, 0.15) is 46.1 Å². The second kappa shape index (κ2) is 12.3. The zero-order chi connectivity index (χ0) is 29.3. The van der Waals surface area contributed by atoms with E-state index in [0.29, 0.717) is 40.4 Å². The van der Waals surface area contributed by atoms with Gasteiger partial charge in [0.2, 0.25) is 0 Å². The molecule has 0 amide bonds. The number of hydrogen-bond donors (Lipinski definition) is 0. The number of carbonyl (C=O) groups excluding carboxylic acids is 1. The van der Waals surface area contributed by atoms with Crippen LogP contribution in [0, 0.1) is 13.8 Å². The summed E-state index contributed by atoms with van der Waals surface area (Å²) in [4.78, 5) is 45.3. The number of pyridine rings is 1. The van der Waals surface area contributed by atoms with E-state index in [9.17, 15) is 14.4 Å². The molecule has 1 atom stereocenters. The third-order valence-electron chi connectivity index (χ3n) is 7.25. The van der Waals surface area contributed by atoms with Gasteiger partial charge in [0.1, 0.15) is 16.7 Å². The first-order valence-corrected chi connectivity index (χ1v) is 14.7. The highest BCUT2D eigenvalue weighted by molar-refractivity contribution is 9.11. The Hall–Kier alpha value is -3.32. The summed E-state index contributed by atoms with van der Waals surface area (Å²) < 4.78 is 26.1. The summed E-state index contributed by atoms with van der Waals surface area (Å²) in [5.74, 6) is 0.0260. The molecule has 4 heterocycles. The highest BCUT2D eigenvalue weighted by Gasteiger charge is 2.28. The van der Waals surface area contributed by atoms with Crippen LogP contribution in [0.2, 0.25) is 0 Å². The van der Waals surface area contributed by atoms with Crippen molar-refractivity contribution in [1.29, 1.82) is 0 Å². The van der Waals surface area contributed by atoms with E-state index in [1.54, 1.807) is 18.6 Å². The number of aromatic nitrogens is 3. The molecule has 1 aliphatic rings. The Kier molecular flexibility index (Phi) is 8.74. The molecular weight excluding hydrogens is 614 g/mol. The smallest absolute Gasteiger partial charge is 0.339 e. The Morgan fingerprint density at radius 1 is 1.20 bits per heavy atom. The second-order valence-corrected chi connectivity index (χ2v) is 12.0. The summed E-state index contributed by atoms with van der Waals surface area (Å²) >= 11 is 4.88. The summed E-state index contributed by atoms with van der Waals surface area (Å²) in [5, 5.41) is 0.395. The summed E-state index contributed by atoms with van der Waals surface area (Å²) in [6, 6.07) is 9.01. The molecular formula is C29H30BrN3O7S. The minimum absolute atomic E-state index is 0.0727. The molecule has 12 heteroatoms. The number of nitrogens with zero attached hydrogens (tertiary/aromatic N) is 3. The zero-order valence-corrected chi connectivity index (χ0v) is 25.5. The van der Waals surface area contributed by atoms with Crippen molar-refractivity contribution in [3.8, 4) is 11.4 Å². The van der Waals surface area contributed by atoms with Crippen molar-refractivity contribution in [2.45, 2.75) is 45.4 Å². The molecule has 5 rings (SSSR count). The number of carbonyl (C=O) groups is 1. The molecule has 41 heavy (non-hydrogen) atoms. The van der Waals surface area contributed by atoms with Gasteiger partial charge in [0.15, 0.2) is 0 Å². The molecule has 0 aliphatic carbocycles. The van der Waals surface area contributed by atoms with Gasteiger partial charge in [0, 0.05) is 18.8 Å². The van der Waals surface area contributed by atoms with Crippen LogP contribution in [0.15, 0.2) is 49.9 Å². The van der Waals surface area contributed by atoms with Crippen LogP contribution in [-0.4, -0.2) is 53.6 Å². The van der Waals surface area contributed by atoms with Crippen LogP contribution in [0.25, 0.3) is 15.9 Å². The third kappa shape index (κ3) is 5.61. The lowest BCUT2D eigenvalue weighted by Gasteiger charge is -2.29. The predicted molar refractivity (Wildman–Crippen MR) is 159 cm³/mol. The average Bonchev–Trinajstić information content (AvgIpc) is 3.29. The molecule has 0 spiro atoms. The van der Waals surface area contributed by atoms with Gasteiger partial charge in [-0.25, -0.2) is 14.2 Å². The normalized spacial score (nSPS) is 14.8. The number of rotatable bonds is 8. The maximum absolute atomic E-state index is 14.2. The molecule has 0 saturated carbocycles. The van der Waals surface area contributed by atoms with Crippen molar-refractivity contribution >= 4 is 43.5 Å². The largest absolute Gasteiger partial charge is 0.496 e. The number of ether oxygens (including phenoxy) is 4. The predicted octanol–water partition coefficient (Wildman–Crippen LogP) is 4.72. The summed E-state index contributed by atoms with van der Waals surface area (Å²) in [6.45, 7) is 4.79. The molecule has 0 radical (unpaired) electrons. The van der Waals surface area contributed by atoms with Crippen LogP contribution >= 0.6 is 27.3 Å². The van der Waals surface area contributed by atoms with Crippen LogP contribution in [-0.2, 0) is 20.8 Å². The number of benzene rings is 1. The number of thiophene rings is 1. The zero-order valence-electron chi connectivity index (χ0n) is 23.1. The van der Waals surface area contributed by atoms with E-state index >= 15 is 0 Å². The minimum Gasteiger partial charge on any atom is -0.496 e. The van der Waals surface area contributed by atoms with E-state index in [2.05, 4.69) is 20.9 Å². The fourth-order valence-corrected chi connectivity index (χ4v) is 6.71. The summed E-state index contributed by atoms with van der Waals surface area (Å²) in [5.41, 5.74) is 1.19. The van der Waals surface area contributed by atoms with Crippen molar-refractivity contribution in [2.75, 3.05) is 27.4 Å². The Bertz CT molecular complexity index is 1720. The molecule has 10 nitrogen and oxygen atoms in total. The van der Waals surface area contributed by atoms with Gasteiger partial charge in [0.25, 0.3) is 5.56 Å². The van der Waals surface area contributed by atoms with Gasteiger partial charge in [-0.05, 0) is 60.3 Å². The van der Waals surface area contributed by atoms with Crippen molar-refractivity contribution < 1.29 is 23.7 Å². The monoisotopic (exact) mass is 643 g/mol. The van der Waals surface area contributed by atoms with Crippen molar-refractivity contribution in [2.24, 2.45) is 0 Å². The number of para-hydroxylation sites is 1. The fraction of sp³-hybridized carbons (Fsp3) is 0.379. The van der Waals surface area contributed by atoms with Crippen LogP contribution < -0.4 is 16.0 Å². The van der Waals surface area contributed by atoms with E-state index in [0.717, 1.165) is 26.8 Å². The van der Waals surface area contributed by atoms with Gasteiger partial charge < -0.3 is 18.9 Å². The number of fused-ring (bicyclic) bond motifs is 1. The Morgan fingerprint density at radius 3 is 2.63 bits per heavy atom. The van der Waals surface area contributed by atoms with Gasteiger partial charge in [-0.3, -0.25) is 14.3 Å². The van der Waals surface area contributed by atoms with Crippen LogP contribution in [0.3, 0.4) is 0 Å². The first-order valence-electron chi connectivity index (χ1n) is 13.1. The summed E-state index contributed by atoms with van der Waals surface area (Å²) in [7, 11) is 2.86. The lowest BCUT2D eigenvalue weighted by molar-refractivity contribution is -0.0752. The molecule has 1 aromatic carbocycles. The minimum atomic E-state index is -0.609. The van der Waals surface area contributed by atoms with Crippen LogP contribution in [0.4, 0.5) is 0 Å². The number of methoxy groups -OCH3 is 2. The first kappa shape index (κ1) is 29.2.